The van der Waals surface area contributed by atoms with Crippen LogP contribution in [0.15, 0.2) is 4.60 Å². The van der Waals surface area contributed by atoms with Crippen LogP contribution < -0.4 is 5.32 Å². The van der Waals surface area contributed by atoms with Crippen molar-refractivity contribution in [1.29, 1.82) is 0 Å². The predicted molar refractivity (Wildman–Crippen MR) is 73.7 cm³/mol. The standard InChI is InChI=1S/C12H23BrN4/c1-8(12(2,3)4)7-9(14-5)10-11(13)15-16-17(10)6/h8-9,14H,7H2,1-6H3. The van der Waals surface area contributed by atoms with E-state index in [9.17, 15) is 0 Å². The zero-order valence-corrected chi connectivity index (χ0v) is 13.2. The Balaban J connectivity index is 2.87. The van der Waals surface area contributed by atoms with Crippen molar-refractivity contribution in [3.05, 3.63) is 10.3 Å². The molecule has 4 nitrogen and oxygen atoms in total. The van der Waals surface area contributed by atoms with Gasteiger partial charge in [0.25, 0.3) is 0 Å². The fourth-order valence-electron chi connectivity index (χ4n) is 1.78. The fraction of sp³-hybridized carbons (Fsp3) is 0.833. The van der Waals surface area contributed by atoms with E-state index in [1.54, 1.807) is 0 Å². The Morgan fingerprint density at radius 1 is 1.41 bits per heavy atom. The van der Waals surface area contributed by atoms with Crippen molar-refractivity contribution in [3.63, 3.8) is 0 Å². The largest absolute Gasteiger partial charge is 0.312 e. The van der Waals surface area contributed by atoms with Crippen LogP contribution in [0.3, 0.4) is 0 Å². The molecule has 5 heteroatoms. The second kappa shape index (κ2) is 5.48. The van der Waals surface area contributed by atoms with Gasteiger partial charge >= 0.3 is 0 Å². The van der Waals surface area contributed by atoms with Crippen molar-refractivity contribution in [2.45, 2.75) is 40.2 Å². The lowest BCUT2D eigenvalue weighted by atomic mass is 9.78. The zero-order chi connectivity index (χ0) is 13.2. The molecule has 0 saturated heterocycles. The van der Waals surface area contributed by atoms with E-state index in [-0.39, 0.29) is 6.04 Å². The maximum atomic E-state index is 4.04. The maximum Gasteiger partial charge on any atom is 0.153 e. The Hall–Kier alpha value is -0.420. The topological polar surface area (TPSA) is 42.7 Å². The molecule has 0 amide bonds. The highest BCUT2D eigenvalue weighted by Crippen LogP contribution is 2.34. The van der Waals surface area contributed by atoms with Gasteiger partial charge in [-0.3, -0.25) is 0 Å². The third-order valence-corrected chi connectivity index (χ3v) is 4.14. The first-order valence-corrected chi connectivity index (χ1v) is 6.79. The second-order valence-corrected chi connectivity index (χ2v) is 6.48. The molecular weight excluding hydrogens is 280 g/mol. The van der Waals surface area contributed by atoms with Gasteiger partial charge in [0, 0.05) is 7.05 Å². The van der Waals surface area contributed by atoms with E-state index in [1.165, 1.54) is 0 Å². The number of aromatic nitrogens is 3. The molecule has 0 bridgehead atoms. The summed E-state index contributed by atoms with van der Waals surface area (Å²) < 4.78 is 2.67. The van der Waals surface area contributed by atoms with Crippen LogP contribution >= 0.6 is 15.9 Å². The van der Waals surface area contributed by atoms with Gasteiger partial charge in [0.15, 0.2) is 4.60 Å². The van der Waals surface area contributed by atoms with Crippen LogP contribution in [-0.4, -0.2) is 22.0 Å². The van der Waals surface area contributed by atoms with Gasteiger partial charge in [-0.25, -0.2) is 4.68 Å². The van der Waals surface area contributed by atoms with Gasteiger partial charge in [0.2, 0.25) is 0 Å². The summed E-state index contributed by atoms with van der Waals surface area (Å²) in [7, 11) is 3.92. The van der Waals surface area contributed by atoms with Crippen LogP contribution in [0.25, 0.3) is 0 Å². The van der Waals surface area contributed by atoms with E-state index in [0.29, 0.717) is 11.3 Å². The minimum Gasteiger partial charge on any atom is -0.312 e. The summed E-state index contributed by atoms with van der Waals surface area (Å²) in [5.41, 5.74) is 1.43. The molecule has 0 aliphatic carbocycles. The third-order valence-electron chi connectivity index (χ3n) is 3.57. The number of nitrogens with one attached hydrogen (secondary N) is 1. The van der Waals surface area contributed by atoms with Gasteiger partial charge in [0.05, 0.1) is 11.7 Å². The maximum absolute atomic E-state index is 4.04. The van der Waals surface area contributed by atoms with Crippen molar-refractivity contribution in [3.8, 4) is 0 Å². The molecule has 2 atom stereocenters. The molecule has 2 unspecified atom stereocenters. The van der Waals surface area contributed by atoms with Gasteiger partial charge in [-0.15, -0.1) is 5.10 Å². The number of aryl methyl sites for hydroxylation is 1. The number of halogens is 1. The summed E-state index contributed by atoms with van der Waals surface area (Å²) in [5, 5.41) is 11.4. The quantitative estimate of drug-likeness (QED) is 0.930. The molecule has 1 aromatic heterocycles. The monoisotopic (exact) mass is 302 g/mol. The number of hydrogen-bond acceptors (Lipinski definition) is 3. The molecule has 0 fully saturated rings. The Kier molecular flexibility index (Phi) is 4.72. The molecule has 17 heavy (non-hydrogen) atoms. The molecule has 0 aromatic carbocycles. The highest BCUT2D eigenvalue weighted by Gasteiger charge is 2.26. The molecule has 0 aliphatic rings. The van der Waals surface area contributed by atoms with Gasteiger partial charge in [-0.2, -0.15) is 0 Å². The zero-order valence-electron chi connectivity index (χ0n) is 11.6. The predicted octanol–water partition coefficient (Wildman–Crippen LogP) is 2.91. The third kappa shape index (κ3) is 3.52. The highest BCUT2D eigenvalue weighted by molar-refractivity contribution is 9.10. The van der Waals surface area contributed by atoms with E-state index in [1.807, 2.05) is 18.8 Å². The minimum absolute atomic E-state index is 0.276. The van der Waals surface area contributed by atoms with Crippen LogP contribution in [0.4, 0.5) is 0 Å². The lowest BCUT2D eigenvalue weighted by Gasteiger charge is -2.30. The number of nitrogens with zero attached hydrogens (tertiary/aromatic N) is 3. The molecular formula is C12H23BrN4. The van der Waals surface area contributed by atoms with Crippen molar-refractivity contribution in [2.24, 2.45) is 18.4 Å². The summed E-state index contributed by atoms with van der Waals surface area (Å²) >= 11 is 3.46. The number of rotatable bonds is 4. The van der Waals surface area contributed by atoms with Gasteiger partial charge < -0.3 is 5.32 Å². The molecule has 0 saturated carbocycles. The van der Waals surface area contributed by atoms with Crippen molar-refractivity contribution in [1.82, 2.24) is 20.3 Å². The molecule has 0 aliphatic heterocycles. The molecule has 0 spiro atoms. The minimum atomic E-state index is 0.276. The van der Waals surface area contributed by atoms with Crippen LogP contribution in [0.2, 0.25) is 0 Å². The lowest BCUT2D eigenvalue weighted by Crippen LogP contribution is -2.27. The molecule has 1 N–H and O–H groups in total. The van der Waals surface area contributed by atoms with Gasteiger partial charge in [-0.05, 0) is 40.7 Å². The smallest absolute Gasteiger partial charge is 0.153 e. The van der Waals surface area contributed by atoms with Crippen LogP contribution in [0.5, 0.6) is 0 Å². The van der Waals surface area contributed by atoms with Gasteiger partial charge in [0.1, 0.15) is 0 Å². The molecule has 98 valence electrons. The van der Waals surface area contributed by atoms with E-state index >= 15 is 0 Å². The Bertz CT molecular complexity index is 348. The fourth-order valence-corrected chi connectivity index (χ4v) is 2.39. The SMILES string of the molecule is CNC(CC(C)C(C)(C)C)c1c(Br)nnn1C. The molecule has 1 heterocycles. The van der Waals surface area contributed by atoms with Gasteiger partial charge in [-0.1, -0.05) is 32.9 Å². The summed E-state index contributed by atoms with van der Waals surface area (Å²) in [6, 6.07) is 0.276. The summed E-state index contributed by atoms with van der Waals surface area (Å²) in [6.07, 6.45) is 1.07. The highest BCUT2D eigenvalue weighted by atomic mass is 79.9. The molecule has 1 aromatic rings. The number of hydrogen-bond donors (Lipinski definition) is 1. The van der Waals surface area contributed by atoms with Crippen molar-refractivity contribution in [2.75, 3.05) is 7.05 Å². The van der Waals surface area contributed by atoms with E-state index < -0.39 is 0 Å². The molecule has 1 rings (SSSR count). The van der Waals surface area contributed by atoms with E-state index in [2.05, 4.69) is 59.3 Å². The molecule has 0 radical (unpaired) electrons. The van der Waals surface area contributed by atoms with Crippen LogP contribution in [0, 0.1) is 11.3 Å². The van der Waals surface area contributed by atoms with E-state index in [4.69, 9.17) is 0 Å². The average Bonchev–Trinajstić information content (AvgIpc) is 2.54. The Labute approximate surface area is 112 Å². The normalized spacial score (nSPS) is 15.9. The second-order valence-electron chi connectivity index (χ2n) is 5.73. The average molecular weight is 303 g/mol. The first-order valence-electron chi connectivity index (χ1n) is 5.99. The van der Waals surface area contributed by atoms with Crippen molar-refractivity contribution >= 4 is 15.9 Å². The van der Waals surface area contributed by atoms with E-state index in [0.717, 1.165) is 16.7 Å². The van der Waals surface area contributed by atoms with Crippen LogP contribution in [0.1, 0.15) is 45.9 Å². The summed E-state index contributed by atoms with van der Waals surface area (Å²) in [4.78, 5) is 0. The lowest BCUT2D eigenvalue weighted by molar-refractivity contribution is 0.223. The first-order chi connectivity index (χ1) is 7.77. The summed E-state index contributed by atoms with van der Waals surface area (Å²) in [5.74, 6) is 0.613. The Morgan fingerprint density at radius 2 is 2.00 bits per heavy atom. The first kappa shape index (κ1) is 14.6. The Morgan fingerprint density at radius 3 is 2.35 bits per heavy atom. The van der Waals surface area contributed by atoms with Crippen LogP contribution in [-0.2, 0) is 7.05 Å². The van der Waals surface area contributed by atoms with Crippen molar-refractivity contribution < 1.29 is 0 Å². The summed E-state index contributed by atoms with van der Waals surface area (Å²) in [6.45, 7) is 9.13.